The number of carboxylic acids is 1. The molecule has 0 unspecified atom stereocenters. The van der Waals surface area contributed by atoms with E-state index in [0.29, 0.717) is 24.5 Å². The number of carbonyl (C=O) groups is 2. The smallest absolute Gasteiger partial charge is 0.337 e. The lowest BCUT2D eigenvalue weighted by atomic mass is 10.1. The molecule has 2 aromatic rings. The number of nitrogens with one attached hydrogen (secondary N) is 1. The van der Waals surface area contributed by atoms with Gasteiger partial charge in [-0.25, -0.2) is 9.18 Å². The Kier molecular flexibility index (Phi) is 4.35. The van der Waals surface area contributed by atoms with Gasteiger partial charge in [-0.2, -0.15) is 0 Å². The lowest BCUT2D eigenvalue weighted by Crippen LogP contribution is -2.30. The normalized spacial score (nSPS) is 14.8. The van der Waals surface area contributed by atoms with Crippen molar-refractivity contribution in [2.24, 2.45) is 0 Å². The maximum atomic E-state index is 13.0. The number of amides is 1. The van der Waals surface area contributed by atoms with Gasteiger partial charge < -0.3 is 19.7 Å². The highest BCUT2D eigenvalue weighted by molar-refractivity contribution is 5.98. The summed E-state index contributed by atoms with van der Waals surface area (Å²) in [6.45, 7) is 2.81. The van der Waals surface area contributed by atoms with Crippen LogP contribution >= 0.6 is 0 Å². The number of hydrogen-bond acceptors (Lipinski definition) is 3. The van der Waals surface area contributed by atoms with Crippen molar-refractivity contribution in [3.8, 4) is 0 Å². The van der Waals surface area contributed by atoms with Crippen molar-refractivity contribution in [2.75, 3.05) is 6.61 Å². The molecule has 0 spiro atoms. The van der Waals surface area contributed by atoms with Crippen LogP contribution in [0, 0.1) is 5.82 Å². The fourth-order valence-electron chi connectivity index (χ4n) is 2.80. The number of aromatic nitrogens is 1. The molecule has 0 saturated carbocycles. The second kappa shape index (κ2) is 6.45. The number of benzene rings is 1. The number of ether oxygens (including phenoxy) is 1. The van der Waals surface area contributed by atoms with Crippen LogP contribution in [0.2, 0.25) is 0 Å². The average Bonchev–Trinajstić information content (AvgIpc) is 2.95. The monoisotopic (exact) mass is 332 g/mol. The molecule has 0 fully saturated rings. The summed E-state index contributed by atoms with van der Waals surface area (Å²) < 4.78 is 20.0. The van der Waals surface area contributed by atoms with Crippen LogP contribution in [0.4, 0.5) is 4.39 Å². The van der Waals surface area contributed by atoms with E-state index in [1.807, 2.05) is 0 Å². The highest BCUT2D eigenvalue weighted by Crippen LogP contribution is 2.22. The van der Waals surface area contributed by atoms with E-state index < -0.39 is 5.97 Å². The molecular formula is C17H17FN2O4. The van der Waals surface area contributed by atoms with E-state index in [9.17, 15) is 19.1 Å². The number of halogens is 1. The Morgan fingerprint density at radius 2 is 2.04 bits per heavy atom. The van der Waals surface area contributed by atoms with E-state index in [0.717, 1.165) is 5.56 Å². The zero-order chi connectivity index (χ0) is 17.3. The van der Waals surface area contributed by atoms with Crippen LogP contribution in [0.3, 0.4) is 0 Å². The zero-order valence-corrected chi connectivity index (χ0v) is 13.1. The van der Waals surface area contributed by atoms with Gasteiger partial charge >= 0.3 is 5.97 Å². The molecule has 1 aliphatic rings. The molecule has 126 valence electrons. The molecule has 7 heteroatoms. The topological polar surface area (TPSA) is 80.6 Å². The molecule has 1 aromatic heterocycles. The summed E-state index contributed by atoms with van der Waals surface area (Å²) in [5.41, 5.74) is 1.62. The number of nitrogens with zero attached hydrogens (tertiary/aromatic N) is 1. The fourth-order valence-corrected chi connectivity index (χ4v) is 2.80. The van der Waals surface area contributed by atoms with Crippen molar-refractivity contribution in [1.82, 2.24) is 9.88 Å². The van der Waals surface area contributed by atoms with Gasteiger partial charge in [-0.15, -0.1) is 0 Å². The maximum absolute atomic E-state index is 13.0. The Hall–Kier alpha value is -2.67. The van der Waals surface area contributed by atoms with E-state index in [1.165, 1.54) is 18.2 Å². The van der Waals surface area contributed by atoms with Crippen LogP contribution in [0.25, 0.3) is 0 Å². The van der Waals surface area contributed by atoms with Gasteiger partial charge in [0, 0.05) is 6.54 Å². The first-order valence-corrected chi connectivity index (χ1v) is 7.57. The van der Waals surface area contributed by atoms with E-state index in [4.69, 9.17) is 4.74 Å². The predicted octanol–water partition coefficient (Wildman–Crippen LogP) is 2.35. The van der Waals surface area contributed by atoms with E-state index >= 15 is 0 Å². The van der Waals surface area contributed by atoms with Crippen LogP contribution in [0.15, 0.2) is 30.3 Å². The first-order valence-electron chi connectivity index (χ1n) is 7.57. The fraction of sp³-hybridized carbons (Fsp3) is 0.294. The van der Waals surface area contributed by atoms with Crippen molar-refractivity contribution >= 4 is 11.9 Å². The maximum Gasteiger partial charge on any atom is 0.337 e. The van der Waals surface area contributed by atoms with Crippen LogP contribution in [0.5, 0.6) is 0 Å². The zero-order valence-electron chi connectivity index (χ0n) is 13.1. The minimum atomic E-state index is -1.09. The Morgan fingerprint density at radius 3 is 2.71 bits per heavy atom. The van der Waals surface area contributed by atoms with Gasteiger partial charge in [0.15, 0.2) is 0 Å². The van der Waals surface area contributed by atoms with Crippen molar-refractivity contribution in [1.29, 1.82) is 0 Å². The molecule has 2 N–H and O–H groups in total. The van der Waals surface area contributed by atoms with Crippen LogP contribution < -0.4 is 5.32 Å². The number of fused-ring (bicyclic) bond motifs is 1. The van der Waals surface area contributed by atoms with Crippen LogP contribution in [-0.2, 0) is 17.9 Å². The third kappa shape index (κ3) is 3.03. The van der Waals surface area contributed by atoms with Gasteiger partial charge in [0.2, 0.25) is 0 Å². The van der Waals surface area contributed by atoms with Crippen molar-refractivity contribution < 1.29 is 23.8 Å². The summed E-state index contributed by atoms with van der Waals surface area (Å²) >= 11 is 0. The first kappa shape index (κ1) is 16.2. The van der Waals surface area contributed by atoms with E-state index in [2.05, 4.69) is 5.32 Å². The third-order valence-electron chi connectivity index (χ3n) is 4.09. The third-order valence-corrected chi connectivity index (χ3v) is 4.09. The molecular weight excluding hydrogens is 315 g/mol. The molecule has 24 heavy (non-hydrogen) atoms. The van der Waals surface area contributed by atoms with Gasteiger partial charge in [0.05, 0.1) is 30.5 Å². The Morgan fingerprint density at radius 1 is 1.33 bits per heavy atom. The predicted molar refractivity (Wildman–Crippen MR) is 83.3 cm³/mol. The van der Waals surface area contributed by atoms with Crippen LogP contribution in [-0.4, -0.2) is 28.2 Å². The highest BCUT2D eigenvalue weighted by atomic mass is 19.1. The van der Waals surface area contributed by atoms with Crippen LogP contribution in [0.1, 0.15) is 45.1 Å². The van der Waals surface area contributed by atoms with E-state index in [1.54, 1.807) is 23.6 Å². The number of hydrogen-bond donors (Lipinski definition) is 2. The van der Waals surface area contributed by atoms with Gasteiger partial charge in [0.1, 0.15) is 11.5 Å². The molecule has 1 amide bonds. The van der Waals surface area contributed by atoms with Gasteiger partial charge in [0.25, 0.3) is 5.91 Å². The molecule has 6 nitrogen and oxygen atoms in total. The summed E-state index contributed by atoms with van der Waals surface area (Å²) in [4.78, 5) is 23.9. The molecule has 2 heterocycles. The largest absolute Gasteiger partial charge is 0.478 e. The summed E-state index contributed by atoms with van der Waals surface area (Å²) in [7, 11) is 0. The molecule has 0 radical (unpaired) electrons. The van der Waals surface area contributed by atoms with Gasteiger partial charge in [-0.05, 0) is 30.7 Å². The summed E-state index contributed by atoms with van der Waals surface area (Å²) in [6.07, 6.45) is 0. The number of aromatic carboxylic acids is 1. The molecule has 1 aliphatic heterocycles. The molecule has 3 rings (SSSR count). The molecule has 0 saturated heterocycles. The van der Waals surface area contributed by atoms with Gasteiger partial charge in [-0.1, -0.05) is 12.1 Å². The first-order chi connectivity index (χ1) is 11.5. The van der Waals surface area contributed by atoms with Crippen molar-refractivity contribution in [2.45, 2.75) is 26.1 Å². The molecule has 1 atom stereocenters. The number of carboxylic acid groups (broad SMARTS) is 1. The van der Waals surface area contributed by atoms with E-state index in [-0.39, 0.29) is 29.9 Å². The highest BCUT2D eigenvalue weighted by Gasteiger charge is 2.26. The molecule has 0 bridgehead atoms. The average molecular weight is 332 g/mol. The molecule has 0 aliphatic carbocycles. The van der Waals surface area contributed by atoms with Crippen molar-refractivity contribution in [3.05, 3.63) is 58.7 Å². The minimum Gasteiger partial charge on any atom is -0.478 e. The SMILES string of the molecule is C[C@H](NC(=O)c1cc(C(=O)O)c2n1CCOC2)c1ccc(F)cc1. The van der Waals surface area contributed by atoms with Crippen molar-refractivity contribution in [3.63, 3.8) is 0 Å². The Labute approximate surface area is 137 Å². The quantitative estimate of drug-likeness (QED) is 0.900. The Bertz CT molecular complexity index is 783. The lowest BCUT2D eigenvalue weighted by molar-refractivity contribution is 0.0656. The molecule has 1 aromatic carbocycles. The number of rotatable bonds is 4. The second-order valence-corrected chi connectivity index (χ2v) is 5.65. The van der Waals surface area contributed by atoms with Gasteiger partial charge in [-0.3, -0.25) is 4.79 Å². The second-order valence-electron chi connectivity index (χ2n) is 5.65. The lowest BCUT2D eigenvalue weighted by Gasteiger charge is -2.20. The minimum absolute atomic E-state index is 0.0780. The summed E-state index contributed by atoms with van der Waals surface area (Å²) in [5, 5.41) is 12.1. The number of carbonyl (C=O) groups excluding carboxylic acids is 1. The Balaban J connectivity index is 1.85. The summed E-state index contributed by atoms with van der Waals surface area (Å²) in [5.74, 6) is -1.80. The standard InChI is InChI=1S/C17H17FN2O4/c1-10(11-2-4-12(18)5-3-11)19-16(21)14-8-13(17(22)23)15-9-24-7-6-20(14)15/h2-5,8,10H,6-7,9H2,1H3,(H,19,21)(H,22,23)/t10-/m0/s1. The summed E-state index contributed by atoms with van der Waals surface area (Å²) in [6, 6.07) is 6.90.